The highest BCUT2D eigenvalue weighted by Gasteiger charge is 2.22. The number of morpholine rings is 1. The average Bonchev–Trinajstić information content (AvgIpc) is 2.82. The summed E-state index contributed by atoms with van der Waals surface area (Å²) in [6.07, 6.45) is 1.78. The zero-order valence-corrected chi connectivity index (χ0v) is 19.6. The number of amides is 1. The highest BCUT2D eigenvalue weighted by atomic mass is 35.5. The van der Waals surface area contributed by atoms with E-state index in [2.05, 4.69) is 16.7 Å². The molecule has 1 aliphatic rings. The van der Waals surface area contributed by atoms with Crippen LogP contribution in [0.5, 0.6) is 0 Å². The number of nitrogens with zero attached hydrogens (tertiary/aromatic N) is 5. The summed E-state index contributed by atoms with van der Waals surface area (Å²) in [7, 11) is 5.52. The van der Waals surface area contributed by atoms with E-state index >= 15 is 0 Å². The number of carbonyl (C=O) groups excluding carboxylic acids is 1. The van der Waals surface area contributed by atoms with Crippen LogP contribution in [-0.2, 0) is 4.74 Å². The van der Waals surface area contributed by atoms with Crippen molar-refractivity contribution in [3.8, 4) is 0 Å². The van der Waals surface area contributed by atoms with Crippen molar-refractivity contribution in [2.45, 2.75) is 13.0 Å². The van der Waals surface area contributed by atoms with Crippen molar-refractivity contribution >= 4 is 40.0 Å². The monoisotopic (exact) mass is 453 g/mol. The van der Waals surface area contributed by atoms with Gasteiger partial charge in [0.15, 0.2) is 0 Å². The molecule has 0 radical (unpaired) electrons. The lowest BCUT2D eigenvalue weighted by molar-refractivity contribution is 0.0827. The number of halogens is 1. The average molecular weight is 454 g/mol. The van der Waals surface area contributed by atoms with Crippen LogP contribution in [0.1, 0.15) is 28.9 Å². The number of hydrogen-bond acceptors (Lipinski definition) is 6. The molecule has 1 aromatic heterocycles. The van der Waals surface area contributed by atoms with Crippen LogP contribution in [0.4, 0.5) is 11.5 Å². The largest absolute Gasteiger partial charge is 0.378 e. The summed E-state index contributed by atoms with van der Waals surface area (Å²) in [4.78, 5) is 28.4. The first-order chi connectivity index (χ1) is 15.3. The van der Waals surface area contributed by atoms with Crippen LogP contribution in [0.2, 0.25) is 5.02 Å². The van der Waals surface area contributed by atoms with Crippen LogP contribution in [-0.4, -0.2) is 68.2 Å². The van der Waals surface area contributed by atoms with E-state index in [4.69, 9.17) is 26.3 Å². The highest BCUT2D eigenvalue weighted by Crippen LogP contribution is 2.32. The Morgan fingerprint density at radius 2 is 1.91 bits per heavy atom. The molecule has 3 aromatic rings. The molecular weight excluding hydrogens is 426 g/mol. The molecule has 7 nitrogen and oxygen atoms in total. The molecule has 4 rings (SSSR count). The predicted octanol–water partition coefficient (Wildman–Crippen LogP) is 4.02. The first kappa shape index (κ1) is 22.3. The van der Waals surface area contributed by atoms with Gasteiger partial charge in [-0.15, -0.1) is 0 Å². The van der Waals surface area contributed by atoms with Gasteiger partial charge in [0.05, 0.1) is 36.5 Å². The molecule has 1 aliphatic heterocycles. The van der Waals surface area contributed by atoms with E-state index in [1.54, 1.807) is 25.2 Å². The lowest BCUT2D eigenvalue weighted by atomic mass is 10.00. The number of hydrogen-bond donors (Lipinski definition) is 0. The number of benzene rings is 2. The number of rotatable bonds is 5. The molecule has 0 spiro atoms. The van der Waals surface area contributed by atoms with E-state index in [9.17, 15) is 4.79 Å². The highest BCUT2D eigenvalue weighted by molar-refractivity contribution is 6.30. The molecule has 2 aromatic carbocycles. The molecule has 0 N–H and O–H groups in total. The van der Waals surface area contributed by atoms with Gasteiger partial charge in [0.25, 0.3) is 5.91 Å². The minimum atomic E-state index is -0.0693. The second-order valence-corrected chi connectivity index (χ2v) is 8.66. The molecule has 8 heteroatoms. The smallest absolute Gasteiger partial charge is 0.253 e. The van der Waals surface area contributed by atoms with Gasteiger partial charge in [-0.2, -0.15) is 0 Å². The Hall–Kier alpha value is -2.90. The SMILES string of the molecule is CC(c1cc(C(=O)N(C)C)cc2ncc(N3CCOCC3)nc12)N(C)c1cccc(Cl)c1. The normalized spacial score (nSPS) is 15.0. The van der Waals surface area contributed by atoms with Crippen LogP contribution in [0.15, 0.2) is 42.6 Å². The summed E-state index contributed by atoms with van der Waals surface area (Å²) >= 11 is 6.23. The molecule has 2 heterocycles. The Labute approximate surface area is 193 Å². The zero-order chi connectivity index (χ0) is 22.8. The number of carbonyl (C=O) groups is 1. The Morgan fingerprint density at radius 1 is 1.16 bits per heavy atom. The van der Waals surface area contributed by atoms with Gasteiger partial charge in [-0.1, -0.05) is 17.7 Å². The number of aromatic nitrogens is 2. The molecule has 32 heavy (non-hydrogen) atoms. The van der Waals surface area contributed by atoms with Crippen molar-refractivity contribution in [2.75, 3.05) is 57.2 Å². The Kier molecular flexibility index (Phi) is 6.48. The van der Waals surface area contributed by atoms with Crippen LogP contribution in [0, 0.1) is 0 Å². The fourth-order valence-corrected chi connectivity index (χ4v) is 4.09. The Bertz CT molecular complexity index is 1130. The number of fused-ring (bicyclic) bond motifs is 1. The molecular formula is C24H28ClN5O2. The molecule has 1 unspecified atom stereocenters. The van der Waals surface area contributed by atoms with Gasteiger partial charge in [0, 0.05) is 56.1 Å². The number of anilines is 2. The first-order valence-corrected chi connectivity index (χ1v) is 11.1. The van der Waals surface area contributed by atoms with Crippen molar-refractivity contribution in [1.29, 1.82) is 0 Å². The van der Waals surface area contributed by atoms with Gasteiger partial charge < -0.3 is 19.4 Å². The van der Waals surface area contributed by atoms with Gasteiger partial charge in [-0.3, -0.25) is 9.78 Å². The van der Waals surface area contributed by atoms with Crippen molar-refractivity contribution in [3.05, 3.63) is 58.7 Å². The van der Waals surface area contributed by atoms with E-state index < -0.39 is 0 Å². The number of ether oxygens (including phenoxy) is 1. The van der Waals surface area contributed by atoms with E-state index in [0.29, 0.717) is 29.3 Å². The predicted molar refractivity (Wildman–Crippen MR) is 129 cm³/mol. The summed E-state index contributed by atoms with van der Waals surface area (Å²) in [5, 5.41) is 0.678. The Balaban J connectivity index is 1.83. The van der Waals surface area contributed by atoms with E-state index in [1.165, 1.54) is 0 Å². The third kappa shape index (κ3) is 4.49. The van der Waals surface area contributed by atoms with Gasteiger partial charge in [0.1, 0.15) is 5.82 Å². The molecule has 1 fully saturated rings. The van der Waals surface area contributed by atoms with Gasteiger partial charge >= 0.3 is 0 Å². The van der Waals surface area contributed by atoms with Gasteiger partial charge in [0.2, 0.25) is 0 Å². The van der Waals surface area contributed by atoms with Crippen molar-refractivity contribution in [2.24, 2.45) is 0 Å². The van der Waals surface area contributed by atoms with Gasteiger partial charge in [-0.25, -0.2) is 4.98 Å². The second kappa shape index (κ2) is 9.30. The summed E-state index contributed by atoms with van der Waals surface area (Å²) in [6.45, 7) is 5.02. The third-order valence-corrected chi connectivity index (χ3v) is 6.13. The first-order valence-electron chi connectivity index (χ1n) is 10.7. The topological polar surface area (TPSA) is 61.8 Å². The minimum Gasteiger partial charge on any atom is -0.378 e. The fourth-order valence-electron chi connectivity index (χ4n) is 3.90. The van der Waals surface area contributed by atoms with Crippen molar-refractivity contribution in [3.63, 3.8) is 0 Å². The Morgan fingerprint density at radius 3 is 2.59 bits per heavy atom. The molecule has 1 atom stereocenters. The molecule has 1 saturated heterocycles. The summed E-state index contributed by atoms with van der Waals surface area (Å²) in [5.74, 6) is 0.760. The van der Waals surface area contributed by atoms with Crippen molar-refractivity contribution < 1.29 is 9.53 Å². The lowest BCUT2D eigenvalue weighted by Gasteiger charge is -2.30. The van der Waals surface area contributed by atoms with E-state index in [-0.39, 0.29) is 11.9 Å². The van der Waals surface area contributed by atoms with Crippen LogP contribution >= 0.6 is 11.6 Å². The lowest BCUT2D eigenvalue weighted by Crippen LogP contribution is -2.36. The maximum atomic E-state index is 12.8. The second-order valence-electron chi connectivity index (χ2n) is 8.23. The molecule has 0 aliphatic carbocycles. The molecule has 0 bridgehead atoms. The van der Waals surface area contributed by atoms with Crippen LogP contribution in [0.25, 0.3) is 11.0 Å². The molecule has 0 saturated carbocycles. The van der Waals surface area contributed by atoms with E-state index in [0.717, 1.165) is 35.7 Å². The maximum Gasteiger partial charge on any atom is 0.253 e. The fraction of sp³-hybridized carbons (Fsp3) is 0.375. The van der Waals surface area contributed by atoms with Gasteiger partial charge in [-0.05, 0) is 37.3 Å². The molecule has 1 amide bonds. The summed E-state index contributed by atoms with van der Waals surface area (Å²) in [6, 6.07) is 11.4. The zero-order valence-electron chi connectivity index (χ0n) is 18.9. The summed E-state index contributed by atoms with van der Waals surface area (Å²) < 4.78 is 5.48. The standard InChI is InChI=1S/C24H28ClN5O2/c1-16(29(4)19-7-5-6-18(25)14-19)20-12-17(24(31)28(2)3)13-21-23(20)27-22(15-26-21)30-8-10-32-11-9-30/h5-7,12-16H,8-11H2,1-4H3. The van der Waals surface area contributed by atoms with Crippen molar-refractivity contribution in [1.82, 2.24) is 14.9 Å². The molecule has 168 valence electrons. The maximum absolute atomic E-state index is 12.8. The quantitative estimate of drug-likeness (QED) is 0.581. The third-order valence-electron chi connectivity index (χ3n) is 5.90. The minimum absolute atomic E-state index is 0.0650. The van der Waals surface area contributed by atoms with Crippen LogP contribution < -0.4 is 9.80 Å². The van der Waals surface area contributed by atoms with E-state index in [1.807, 2.05) is 43.4 Å². The van der Waals surface area contributed by atoms with Crippen LogP contribution in [0.3, 0.4) is 0 Å². The summed E-state index contributed by atoms with van der Waals surface area (Å²) in [5.41, 5.74) is 4.02.